The summed E-state index contributed by atoms with van der Waals surface area (Å²) in [6.45, 7) is 0.781. The summed E-state index contributed by atoms with van der Waals surface area (Å²) in [5.41, 5.74) is -0.0448. The normalized spacial score (nSPS) is 15.8. The smallest absolute Gasteiger partial charge is 0.342 e. The average molecular weight is 278 g/mol. The SMILES string of the molecule is O=C(O)c1ccc(NCC2CCCCC2)cc1[N+](=O)[O-]. The van der Waals surface area contributed by atoms with Gasteiger partial charge in [0.15, 0.2) is 0 Å². The molecule has 0 atom stereocenters. The molecule has 0 amide bonds. The quantitative estimate of drug-likeness (QED) is 0.637. The van der Waals surface area contributed by atoms with Crippen LogP contribution in [0, 0.1) is 16.0 Å². The first-order valence-electron chi connectivity index (χ1n) is 6.83. The zero-order valence-electron chi connectivity index (χ0n) is 11.2. The van der Waals surface area contributed by atoms with Gasteiger partial charge in [-0.2, -0.15) is 0 Å². The van der Waals surface area contributed by atoms with Crippen LogP contribution in [-0.2, 0) is 0 Å². The Morgan fingerprint density at radius 3 is 2.65 bits per heavy atom. The molecule has 0 spiro atoms. The molecule has 6 nitrogen and oxygen atoms in total. The van der Waals surface area contributed by atoms with Crippen LogP contribution < -0.4 is 5.32 Å². The number of carboxylic acid groups (broad SMARTS) is 1. The fourth-order valence-corrected chi connectivity index (χ4v) is 2.63. The maximum Gasteiger partial charge on any atom is 0.342 e. The number of nitro benzene ring substituents is 1. The maximum atomic E-state index is 10.9. The van der Waals surface area contributed by atoms with E-state index in [4.69, 9.17) is 5.11 Å². The van der Waals surface area contributed by atoms with Crippen molar-refractivity contribution in [1.29, 1.82) is 0 Å². The summed E-state index contributed by atoms with van der Waals surface area (Å²) in [5, 5.41) is 23.0. The van der Waals surface area contributed by atoms with E-state index in [-0.39, 0.29) is 11.3 Å². The van der Waals surface area contributed by atoms with Gasteiger partial charge in [0.1, 0.15) is 5.56 Å². The third-order valence-corrected chi connectivity index (χ3v) is 3.74. The van der Waals surface area contributed by atoms with E-state index in [1.54, 1.807) is 6.07 Å². The Morgan fingerprint density at radius 1 is 1.35 bits per heavy atom. The zero-order chi connectivity index (χ0) is 14.5. The van der Waals surface area contributed by atoms with Crippen molar-refractivity contribution in [2.24, 2.45) is 5.92 Å². The standard InChI is InChI=1S/C14H18N2O4/c17-14(18)12-7-6-11(8-13(12)16(19)20)15-9-10-4-2-1-3-5-10/h6-8,10,15H,1-5,9H2,(H,17,18). The molecule has 0 bridgehead atoms. The Hall–Kier alpha value is -2.11. The first-order chi connectivity index (χ1) is 9.58. The third kappa shape index (κ3) is 3.46. The number of aromatic carboxylic acids is 1. The lowest BCUT2D eigenvalue weighted by atomic mass is 9.89. The van der Waals surface area contributed by atoms with E-state index < -0.39 is 10.9 Å². The Balaban J connectivity index is 2.06. The van der Waals surface area contributed by atoms with Gasteiger partial charge in [0.25, 0.3) is 5.69 Å². The van der Waals surface area contributed by atoms with Crippen LogP contribution in [0.15, 0.2) is 18.2 Å². The van der Waals surface area contributed by atoms with Gasteiger partial charge in [-0.15, -0.1) is 0 Å². The molecule has 0 unspecified atom stereocenters. The second kappa shape index (κ2) is 6.36. The number of carbonyl (C=O) groups is 1. The van der Waals surface area contributed by atoms with Crippen molar-refractivity contribution in [3.63, 3.8) is 0 Å². The first kappa shape index (κ1) is 14.3. The topological polar surface area (TPSA) is 92.5 Å². The fraction of sp³-hybridized carbons (Fsp3) is 0.500. The molecule has 20 heavy (non-hydrogen) atoms. The Morgan fingerprint density at radius 2 is 2.05 bits per heavy atom. The van der Waals surface area contributed by atoms with E-state index in [0.717, 1.165) is 6.54 Å². The number of hydrogen-bond acceptors (Lipinski definition) is 4. The van der Waals surface area contributed by atoms with Crippen LogP contribution in [0.3, 0.4) is 0 Å². The Labute approximate surface area is 117 Å². The lowest BCUT2D eigenvalue weighted by Crippen LogP contribution is -2.17. The van der Waals surface area contributed by atoms with Crippen molar-refractivity contribution in [3.05, 3.63) is 33.9 Å². The van der Waals surface area contributed by atoms with Gasteiger partial charge in [-0.25, -0.2) is 4.79 Å². The molecule has 1 saturated carbocycles. The van der Waals surface area contributed by atoms with E-state index in [2.05, 4.69) is 5.32 Å². The summed E-state index contributed by atoms with van der Waals surface area (Å²) in [5.74, 6) is -0.683. The number of rotatable bonds is 5. The van der Waals surface area contributed by atoms with Gasteiger partial charge in [0.2, 0.25) is 0 Å². The zero-order valence-corrected chi connectivity index (χ0v) is 11.2. The van der Waals surface area contributed by atoms with Crippen LogP contribution in [0.1, 0.15) is 42.5 Å². The minimum atomic E-state index is -1.28. The molecule has 1 aliphatic carbocycles. The number of anilines is 1. The number of hydrogen-bond donors (Lipinski definition) is 2. The van der Waals surface area contributed by atoms with Crippen molar-refractivity contribution in [3.8, 4) is 0 Å². The second-order valence-electron chi connectivity index (χ2n) is 5.18. The largest absolute Gasteiger partial charge is 0.477 e. The van der Waals surface area contributed by atoms with Crippen molar-refractivity contribution in [1.82, 2.24) is 0 Å². The highest BCUT2D eigenvalue weighted by Gasteiger charge is 2.20. The van der Waals surface area contributed by atoms with Crippen molar-refractivity contribution in [2.45, 2.75) is 32.1 Å². The van der Waals surface area contributed by atoms with Crippen molar-refractivity contribution in [2.75, 3.05) is 11.9 Å². The predicted molar refractivity (Wildman–Crippen MR) is 75.1 cm³/mol. The molecular formula is C14H18N2O4. The summed E-state index contributed by atoms with van der Waals surface area (Å²) < 4.78 is 0. The van der Waals surface area contributed by atoms with Gasteiger partial charge in [0, 0.05) is 18.3 Å². The molecule has 0 radical (unpaired) electrons. The monoisotopic (exact) mass is 278 g/mol. The highest BCUT2D eigenvalue weighted by Crippen LogP contribution is 2.26. The lowest BCUT2D eigenvalue weighted by Gasteiger charge is -2.22. The van der Waals surface area contributed by atoms with Gasteiger partial charge in [0.05, 0.1) is 4.92 Å². The lowest BCUT2D eigenvalue weighted by molar-refractivity contribution is -0.385. The van der Waals surface area contributed by atoms with Gasteiger partial charge in [-0.05, 0) is 30.9 Å². The predicted octanol–water partition coefficient (Wildman–Crippen LogP) is 3.29. The average Bonchev–Trinajstić information content (AvgIpc) is 2.45. The van der Waals surface area contributed by atoms with Gasteiger partial charge < -0.3 is 10.4 Å². The number of carboxylic acids is 1. The van der Waals surface area contributed by atoms with Crippen LogP contribution in [0.5, 0.6) is 0 Å². The van der Waals surface area contributed by atoms with E-state index in [1.165, 1.54) is 44.2 Å². The summed E-state index contributed by atoms with van der Waals surface area (Å²) in [7, 11) is 0. The summed E-state index contributed by atoms with van der Waals surface area (Å²) in [4.78, 5) is 21.2. The minimum Gasteiger partial charge on any atom is -0.477 e. The molecule has 1 fully saturated rings. The van der Waals surface area contributed by atoms with Crippen LogP contribution in [0.2, 0.25) is 0 Å². The summed E-state index contributed by atoms with van der Waals surface area (Å²) >= 11 is 0. The molecule has 0 saturated heterocycles. The van der Waals surface area contributed by atoms with Crippen molar-refractivity contribution >= 4 is 17.3 Å². The summed E-state index contributed by atoms with van der Waals surface area (Å²) in [6.07, 6.45) is 6.13. The van der Waals surface area contributed by atoms with E-state index in [1.807, 2.05) is 0 Å². The van der Waals surface area contributed by atoms with Crippen LogP contribution in [0.4, 0.5) is 11.4 Å². The summed E-state index contributed by atoms with van der Waals surface area (Å²) in [6, 6.07) is 4.16. The van der Waals surface area contributed by atoms with Gasteiger partial charge in [-0.3, -0.25) is 10.1 Å². The van der Waals surface area contributed by atoms with Crippen LogP contribution in [0.25, 0.3) is 0 Å². The molecule has 1 aromatic rings. The van der Waals surface area contributed by atoms with Crippen molar-refractivity contribution < 1.29 is 14.8 Å². The number of nitrogens with one attached hydrogen (secondary N) is 1. The molecule has 108 valence electrons. The minimum absolute atomic E-state index is 0.279. The number of nitro groups is 1. The molecule has 0 aliphatic heterocycles. The second-order valence-corrected chi connectivity index (χ2v) is 5.18. The van der Waals surface area contributed by atoms with E-state index in [0.29, 0.717) is 11.6 Å². The molecule has 6 heteroatoms. The highest BCUT2D eigenvalue weighted by molar-refractivity contribution is 5.93. The number of benzene rings is 1. The number of nitrogens with zero attached hydrogens (tertiary/aromatic N) is 1. The third-order valence-electron chi connectivity index (χ3n) is 3.74. The molecular weight excluding hydrogens is 260 g/mol. The molecule has 0 aromatic heterocycles. The molecule has 2 rings (SSSR count). The molecule has 2 N–H and O–H groups in total. The Kier molecular flexibility index (Phi) is 4.55. The maximum absolute atomic E-state index is 10.9. The molecule has 0 heterocycles. The van der Waals surface area contributed by atoms with Gasteiger partial charge in [-0.1, -0.05) is 19.3 Å². The van der Waals surface area contributed by atoms with Crippen LogP contribution in [-0.4, -0.2) is 22.5 Å². The van der Waals surface area contributed by atoms with E-state index >= 15 is 0 Å². The Bertz CT molecular complexity index is 510. The molecule has 1 aromatic carbocycles. The molecule has 1 aliphatic rings. The van der Waals surface area contributed by atoms with E-state index in [9.17, 15) is 14.9 Å². The highest BCUT2D eigenvalue weighted by atomic mass is 16.6. The fourth-order valence-electron chi connectivity index (χ4n) is 2.63. The first-order valence-corrected chi connectivity index (χ1v) is 6.83. The van der Waals surface area contributed by atoms with Gasteiger partial charge >= 0.3 is 5.97 Å². The van der Waals surface area contributed by atoms with Crippen LogP contribution >= 0.6 is 0 Å².